The van der Waals surface area contributed by atoms with Crippen LogP contribution in [0.3, 0.4) is 0 Å². The number of aromatic nitrogens is 1. The van der Waals surface area contributed by atoms with Crippen molar-refractivity contribution in [1.29, 1.82) is 0 Å². The van der Waals surface area contributed by atoms with Crippen LogP contribution in [0.1, 0.15) is 18.4 Å². The lowest BCUT2D eigenvalue weighted by Gasteiger charge is -2.19. The summed E-state index contributed by atoms with van der Waals surface area (Å²) in [6, 6.07) is 3.93. The maximum atomic E-state index is 5.85. The van der Waals surface area contributed by atoms with Gasteiger partial charge in [-0.1, -0.05) is 12.1 Å². The van der Waals surface area contributed by atoms with E-state index in [2.05, 4.69) is 16.5 Å². The number of nitrogens with zero attached hydrogens (tertiary/aromatic N) is 2. The largest absolute Gasteiger partial charge is 0.359 e. The normalized spacial score (nSPS) is 10.0. The molecule has 1 heterocycles. The van der Waals surface area contributed by atoms with Gasteiger partial charge in [0.25, 0.3) is 0 Å². The van der Waals surface area contributed by atoms with Gasteiger partial charge in [-0.3, -0.25) is 0 Å². The molecule has 2 nitrogen and oxygen atoms in total. The molecule has 0 radical (unpaired) electrons. The van der Waals surface area contributed by atoms with Crippen molar-refractivity contribution in [3.63, 3.8) is 0 Å². The van der Waals surface area contributed by atoms with Crippen molar-refractivity contribution in [2.45, 2.75) is 18.7 Å². The average molecular weight is 225 g/mol. The van der Waals surface area contributed by atoms with Gasteiger partial charge >= 0.3 is 0 Å². The van der Waals surface area contributed by atoms with Gasteiger partial charge in [0.2, 0.25) is 0 Å². The molecule has 0 unspecified atom stereocenters. The monoisotopic (exact) mass is 224 g/mol. The minimum atomic E-state index is 0.509. The van der Waals surface area contributed by atoms with Crippen LogP contribution in [0.4, 0.5) is 5.82 Å². The SMILES string of the molecule is C=CCCCN(C)c1ncccc1CCl. The number of hydrogen-bond acceptors (Lipinski definition) is 2. The number of hydrogen-bond donors (Lipinski definition) is 0. The van der Waals surface area contributed by atoms with E-state index in [0.29, 0.717) is 5.88 Å². The van der Waals surface area contributed by atoms with Crippen molar-refractivity contribution in [2.24, 2.45) is 0 Å². The number of unbranched alkanes of at least 4 members (excludes halogenated alkanes) is 1. The minimum absolute atomic E-state index is 0.509. The van der Waals surface area contributed by atoms with E-state index < -0.39 is 0 Å². The summed E-state index contributed by atoms with van der Waals surface area (Å²) in [4.78, 5) is 6.48. The van der Waals surface area contributed by atoms with Crippen LogP contribution in [-0.4, -0.2) is 18.6 Å². The third kappa shape index (κ3) is 3.56. The fourth-order valence-electron chi connectivity index (χ4n) is 1.46. The summed E-state index contributed by atoms with van der Waals surface area (Å²) >= 11 is 5.85. The van der Waals surface area contributed by atoms with Gasteiger partial charge in [-0.05, 0) is 18.9 Å². The first-order chi connectivity index (χ1) is 7.29. The molecule has 0 saturated carbocycles. The van der Waals surface area contributed by atoms with Crippen LogP contribution < -0.4 is 4.90 Å². The maximum absolute atomic E-state index is 5.85. The zero-order chi connectivity index (χ0) is 11.1. The minimum Gasteiger partial charge on any atom is -0.359 e. The maximum Gasteiger partial charge on any atom is 0.132 e. The van der Waals surface area contributed by atoms with Crippen molar-refractivity contribution in [3.8, 4) is 0 Å². The van der Waals surface area contributed by atoms with Crippen molar-refractivity contribution in [3.05, 3.63) is 36.5 Å². The molecule has 0 N–H and O–H groups in total. The van der Waals surface area contributed by atoms with E-state index in [1.807, 2.05) is 25.3 Å². The van der Waals surface area contributed by atoms with Crippen LogP contribution in [0.25, 0.3) is 0 Å². The lowest BCUT2D eigenvalue weighted by Crippen LogP contribution is -2.20. The van der Waals surface area contributed by atoms with Crippen LogP contribution in [0.2, 0.25) is 0 Å². The Labute approximate surface area is 96.6 Å². The Morgan fingerprint density at radius 3 is 3.07 bits per heavy atom. The zero-order valence-corrected chi connectivity index (χ0v) is 9.87. The van der Waals surface area contributed by atoms with E-state index in [9.17, 15) is 0 Å². The molecule has 15 heavy (non-hydrogen) atoms. The third-order valence-electron chi connectivity index (χ3n) is 2.27. The van der Waals surface area contributed by atoms with Crippen molar-refractivity contribution in [1.82, 2.24) is 4.98 Å². The molecule has 82 valence electrons. The highest BCUT2D eigenvalue weighted by Crippen LogP contribution is 2.17. The van der Waals surface area contributed by atoms with E-state index in [0.717, 1.165) is 30.8 Å². The van der Waals surface area contributed by atoms with Crippen LogP contribution >= 0.6 is 11.6 Å². The predicted octanol–water partition coefficient (Wildman–Crippen LogP) is 3.22. The first-order valence-electron chi connectivity index (χ1n) is 5.11. The Bertz CT molecular complexity index is 312. The summed E-state index contributed by atoms with van der Waals surface area (Å²) in [5, 5.41) is 0. The highest BCUT2D eigenvalue weighted by Gasteiger charge is 2.06. The second kappa shape index (κ2) is 6.46. The molecule has 3 heteroatoms. The molecular formula is C12H17ClN2. The number of anilines is 1. The summed E-state index contributed by atoms with van der Waals surface area (Å²) in [5.74, 6) is 1.49. The smallest absolute Gasteiger partial charge is 0.132 e. The highest BCUT2D eigenvalue weighted by atomic mass is 35.5. The Hall–Kier alpha value is -1.02. The lowest BCUT2D eigenvalue weighted by atomic mass is 10.2. The first-order valence-corrected chi connectivity index (χ1v) is 5.65. The van der Waals surface area contributed by atoms with Gasteiger partial charge < -0.3 is 4.90 Å². The molecule has 0 spiro atoms. The van der Waals surface area contributed by atoms with Gasteiger partial charge in [0.05, 0.1) is 5.88 Å². The van der Waals surface area contributed by atoms with Crippen LogP contribution in [0.15, 0.2) is 31.0 Å². The molecule has 0 aliphatic heterocycles. The topological polar surface area (TPSA) is 16.1 Å². The van der Waals surface area contributed by atoms with E-state index in [1.54, 1.807) is 6.20 Å². The molecule has 0 bridgehead atoms. The molecule has 0 amide bonds. The average Bonchev–Trinajstić information content (AvgIpc) is 2.29. The Morgan fingerprint density at radius 1 is 1.60 bits per heavy atom. The number of rotatable bonds is 6. The molecule has 1 aromatic rings. The second-order valence-electron chi connectivity index (χ2n) is 3.47. The van der Waals surface area contributed by atoms with Crippen molar-refractivity contribution < 1.29 is 0 Å². The van der Waals surface area contributed by atoms with Crippen LogP contribution in [0, 0.1) is 0 Å². The summed E-state index contributed by atoms with van der Waals surface area (Å²) in [6.07, 6.45) is 5.87. The Morgan fingerprint density at radius 2 is 2.40 bits per heavy atom. The molecule has 0 aromatic carbocycles. The lowest BCUT2D eigenvalue weighted by molar-refractivity contribution is 0.789. The van der Waals surface area contributed by atoms with Crippen LogP contribution in [-0.2, 0) is 5.88 Å². The predicted molar refractivity (Wildman–Crippen MR) is 66.5 cm³/mol. The zero-order valence-electron chi connectivity index (χ0n) is 9.12. The molecule has 1 aromatic heterocycles. The number of alkyl halides is 1. The van der Waals surface area contributed by atoms with E-state index in [4.69, 9.17) is 11.6 Å². The van der Waals surface area contributed by atoms with Gasteiger partial charge in [-0.15, -0.1) is 18.2 Å². The Balaban J connectivity index is 2.63. The first kappa shape index (κ1) is 12.1. The van der Waals surface area contributed by atoms with Crippen molar-refractivity contribution in [2.75, 3.05) is 18.5 Å². The van der Waals surface area contributed by atoms with Gasteiger partial charge in [0, 0.05) is 25.4 Å². The quantitative estimate of drug-likeness (QED) is 0.419. The molecule has 0 aliphatic carbocycles. The fraction of sp³-hybridized carbons (Fsp3) is 0.417. The molecule has 0 aliphatic rings. The Kier molecular flexibility index (Phi) is 5.19. The van der Waals surface area contributed by atoms with Gasteiger partial charge in [-0.2, -0.15) is 0 Å². The summed E-state index contributed by atoms with van der Waals surface area (Å²) < 4.78 is 0. The fourth-order valence-corrected chi connectivity index (χ4v) is 1.67. The number of halogens is 1. The number of pyridine rings is 1. The van der Waals surface area contributed by atoms with E-state index in [1.165, 1.54) is 0 Å². The summed E-state index contributed by atoms with van der Waals surface area (Å²) in [6.45, 7) is 4.69. The van der Waals surface area contributed by atoms with E-state index >= 15 is 0 Å². The third-order valence-corrected chi connectivity index (χ3v) is 2.56. The van der Waals surface area contributed by atoms with Gasteiger partial charge in [0.15, 0.2) is 0 Å². The van der Waals surface area contributed by atoms with Crippen LogP contribution in [0.5, 0.6) is 0 Å². The summed E-state index contributed by atoms with van der Waals surface area (Å²) in [5.41, 5.74) is 1.08. The molecule has 1 rings (SSSR count). The van der Waals surface area contributed by atoms with Crippen molar-refractivity contribution >= 4 is 17.4 Å². The molecule has 0 fully saturated rings. The number of allylic oxidation sites excluding steroid dienone is 1. The summed E-state index contributed by atoms with van der Waals surface area (Å²) in [7, 11) is 2.04. The van der Waals surface area contributed by atoms with E-state index in [-0.39, 0.29) is 0 Å². The highest BCUT2D eigenvalue weighted by molar-refractivity contribution is 6.17. The molecular weight excluding hydrogens is 208 g/mol. The van der Waals surface area contributed by atoms with Gasteiger partial charge in [0.1, 0.15) is 5.82 Å². The molecule has 0 atom stereocenters. The molecule has 0 saturated heterocycles. The second-order valence-corrected chi connectivity index (χ2v) is 3.74. The standard InChI is InChI=1S/C12H17ClN2/c1-3-4-5-9-15(2)12-11(10-13)7-6-8-14-12/h3,6-8H,1,4-5,9-10H2,2H3. The van der Waals surface area contributed by atoms with Gasteiger partial charge in [-0.25, -0.2) is 4.98 Å².